The van der Waals surface area contributed by atoms with E-state index in [0.717, 1.165) is 18.3 Å². The molecule has 2 aliphatic rings. The highest BCUT2D eigenvalue weighted by molar-refractivity contribution is 5.30. The van der Waals surface area contributed by atoms with E-state index < -0.39 is 0 Å². The Hall–Kier alpha value is -1.56. The van der Waals surface area contributed by atoms with E-state index in [-0.39, 0.29) is 0 Å². The van der Waals surface area contributed by atoms with Crippen molar-refractivity contribution in [2.75, 3.05) is 0 Å². The van der Waals surface area contributed by atoms with Crippen LogP contribution >= 0.6 is 0 Å². The van der Waals surface area contributed by atoms with Gasteiger partial charge in [0.05, 0.1) is 0 Å². The molecule has 0 spiro atoms. The van der Waals surface area contributed by atoms with E-state index in [1.807, 2.05) is 0 Å². The van der Waals surface area contributed by atoms with Gasteiger partial charge in [-0.1, -0.05) is 74.2 Å². The summed E-state index contributed by atoms with van der Waals surface area (Å²) in [6.45, 7) is 0. The van der Waals surface area contributed by atoms with Crippen molar-refractivity contribution in [3.63, 3.8) is 0 Å². The lowest BCUT2D eigenvalue weighted by molar-refractivity contribution is 0.726. The second kappa shape index (κ2) is 6.91. The fourth-order valence-electron chi connectivity index (χ4n) is 3.44. The summed E-state index contributed by atoms with van der Waals surface area (Å²) in [6.07, 6.45) is 12.2. The predicted octanol–water partition coefficient (Wildman–Crippen LogP) is 5.96. The zero-order chi connectivity index (χ0) is 15.5. The topological polar surface area (TPSA) is 0 Å². The smallest absolute Gasteiger partial charge is 0.00258 e. The molecule has 2 aromatic carbocycles. The number of hydrogen-bond acceptors (Lipinski definition) is 0. The zero-order valence-corrected chi connectivity index (χ0v) is 14.1. The van der Waals surface area contributed by atoms with Crippen molar-refractivity contribution in [2.45, 2.75) is 57.8 Å². The Bertz CT molecular complexity index is 555. The molecule has 0 heteroatoms. The first-order valence-electron chi connectivity index (χ1n) is 9.51. The molecule has 0 heterocycles. The minimum atomic E-state index is 1.04. The third-order valence-electron chi connectivity index (χ3n) is 5.53. The second-order valence-electron chi connectivity index (χ2n) is 7.77. The first-order chi connectivity index (χ1) is 11.3. The minimum Gasteiger partial charge on any atom is -0.0588 e. The lowest BCUT2D eigenvalue weighted by Gasteiger charge is -2.06. The maximum absolute atomic E-state index is 2.34. The van der Waals surface area contributed by atoms with Crippen LogP contribution in [0.3, 0.4) is 0 Å². The van der Waals surface area contributed by atoms with Gasteiger partial charge < -0.3 is 0 Å². The highest BCUT2D eigenvalue weighted by atomic mass is 14.3. The van der Waals surface area contributed by atoms with Gasteiger partial charge in [-0.3, -0.25) is 0 Å². The molecular weight excluding hydrogens is 276 g/mol. The molecule has 0 bridgehead atoms. The first-order valence-corrected chi connectivity index (χ1v) is 9.51. The molecule has 2 saturated carbocycles. The van der Waals surface area contributed by atoms with Gasteiger partial charge in [-0.15, -0.1) is 0 Å². The van der Waals surface area contributed by atoms with E-state index in [1.165, 1.54) is 73.6 Å². The van der Waals surface area contributed by atoms with Crippen LogP contribution in [0.2, 0.25) is 0 Å². The van der Waals surface area contributed by atoms with Gasteiger partial charge in [0, 0.05) is 0 Å². The van der Waals surface area contributed by atoms with Gasteiger partial charge in [-0.05, 0) is 66.2 Å². The van der Waals surface area contributed by atoms with Gasteiger partial charge in [0.2, 0.25) is 0 Å². The Morgan fingerprint density at radius 3 is 1.22 bits per heavy atom. The molecule has 0 unspecified atom stereocenters. The lowest BCUT2D eigenvalue weighted by Crippen LogP contribution is -1.92. The molecule has 0 nitrogen and oxygen atoms in total. The maximum Gasteiger partial charge on any atom is -0.00258 e. The Labute approximate surface area is 140 Å². The fraction of sp³-hybridized carbons (Fsp3) is 0.478. The largest absolute Gasteiger partial charge is 0.0588 e. The highest BCUT2D eigenvalue weighted by Gasteiger charge is 2.21. The first kappa shape index (κ1) is 15.0. The van der Waals surface area contributed by atoms with E-state index in [4.69, 9.17) is 0 Å². The number of rotatable bonds is 8. The molecule has 0 aliphatic heterocycles. The second-order valence-corrected chi connectivity index (χ2v) is 7.77. The lowest BCUT2D eigenvalue weighted by atomic mass is 9.99. The van der Waals surface area contributed by atoms with Crippen molar-refractivity contribution < 1.29 is 0 Å². The summed E-state index contributed by atoms with van der Waals surface area (Å²) in [7, 11) is 0. The molecule has 120 valence electrons. The summed E-state index contributed by atoms with van der Waals surface area (Å²) in [5, 5.41) is 0. The van der Waals surface area contributed by atoms with Crippen molar-refractivity contribution in [1.29, 1.82) is 0 Å². The van der Waals surface area contributed by atoms with Crippen LogP contribution in [-0.4, -0.2) is 0 Å². The van der Waals surface area contributed by atoms with Crippen molar-refractivity contribution in [3.8, 4) is 0 Å². The molecule has 2 aromatic rings. The summed E-state index contributed by atoms with van der Waals surface area (Å²) in [4.78, 5) is 0. The third-order valence-corrected chi connectivity index (χ3v) is 5.53. The van der Waals surface area contributed by atoms with Crippen LogP contribution in [0.1, 0.15) is 60.8 Å². The number of benzene rings is 2. The van der Waals surface area contributed by atoms with Gasteiger partial charge in [-0.2, -0.15) is 0 Å². The molecule has 4 rings (SSSR count). The maximum atomic E-state index is 2.34. The van der Waals surface area contributed by atoms with E-state index in [2.05, 4.69) is 48.5 Å². The van der Waals surface area contributed by atoms with Gasteiger partial charge in [0.1, 0.15) is 0 Å². The van der Waals surface area contributed by atoms with Crippen LogP contribution in [0.15, 0.2) is 48.5 Å². The molecular formula is C23H28. The average Bonchev–Trinajstić information content (AvgIpc) is 3.48. The Kier molecular flexibility index (Phi) is 4.50. The molecule has 23 heavy (non-hydrogen) atoms. The standard InChI is InChI=1S/C23H28/c1-2-18(1)5-7-20-9-13-22(14-10-20)17-23-15-11-21(12-16-23)8-6-19-3-4-19/h9-16,18-19H,1-8,17H2. The Balaban J connectivity index is 1.29. The summed E-state index contributed by atoms with van der Waals surface area (Å²) in [5.41, 5.74) is 5.89. The fourth-order valence-corrected chi connectivity index (χ4v) is 3.44. The van der Waals surface area contributed by atoms with Gasteiger partial charge >= 0.3 is 0 Å². The van der Waals surface area contributed by atoms with Crippen LogP contribution in [0.4, 0.5) is 0 Å². The normalized spacial score (nSPS) is 17.4. The summed E-state index contributed by atoms with van der Waals surface area (Å²) < 4.78 is 0. The average molecular weight is 304 g/mol. The van der Waals surface area contributed by atoms with Gasteiger partial charge in [-0.25, -0.2) is 0 Å². The van der Waals surface area contributed by atoms with E-state index in [9.17, 15) is 0 Å². The van der Waals surface area contributed by atoms with Crippen LogP contribution in [0.5, 0.6) is 0 Å². The molecule has 0 N–H and O–H groups in total. The van der Waals surface area contributed by atoms with Gasteiger partial charge in [0.25, 0.3) is 0 Å². The van der Waals surface area contributed by atoms with Crippen LogP contribution in [0, 0.1) is 11.8 Å². The molecule has 2 aliphatic carbocycles. The Morgan fingerprint density at radius 1 is 0.522 bits per heavy atom. The third kappa shape index (κ3) is 4.70. The number of aryl methyl sites for hydroxylation is 2. The van der Waals surface area contributed by atoms with Crippen LogP contribution < -0.4 is 0 Å². The van der Waals surface area contributed by atoms with Crippen molar-refractivity contribution in [1.82, 2.24) is 0 Å². The highest BCUT2D eigenvalue weighted by Crippen LogP contribution is 2.34. The minimum absolute atomic E-state index is 1.04. The van der Waals surface area contributed by atoms with Crippen molar-refractivity contribution in [3.05, 3.63) is 70.8 Å². The van der Waals surface area contributed by atoms with E-state index in [0.29, 0.717) is 0 Å². The quantitative estimate of drug-likeness (QED) is 0.564. The molecule has 2 fully saturated rings. The zero-order valence-electron chi connectivity index (χ0n) is 14.1. The molecule has 0 amide bonds. The summed E-state index contributed by atoms with van der Waals surface area (Å²) >= 11 is 0. The van der Waals surface area contributed by atoms with Crippen LogP contribution in [0.25, 0.3) is 0 Å². The summed E-state index contributed by atoms with van der Waals surface area (Å²) in [6, 6.07) is 18.6. The molecule has 0 saturated heterocycles. The molecule has 0 radical (unpaired) electrons. The van der Waals surface area contributed by atoms with Crippen molar-refractivity contribution >= 4 is 0 Å². The Morgan fingerprint density at radius 2 is 0.870 bits per heavy atom. The monoisotopic (exact) mass is 304 g/mol. The van der Waals surface area contributed by atoms with E-state index >= 15 is 0 Å². The summed E-state index contributed by atoms with van der Waals surface area (Å²) in [5.74, 6) is 2.07. The van der Waals surface area contributed by atoms with Crippen molar-refractivity contribution in [2.24, 2.45) is 11.8 Å². The molecule has 0 atom stereocenters. The number of hydrogen-bond donors (Lipinski definition) is 0. The predicted molar refractivity (Wildman–Crippen MR) is 97.8 cm³/mol. The SMILES string of the molecule is c1cc(Cc2ccc(CCC3CC3)cc2)ccc1CCC1CC1. The molecule has 0 aromatic heterocycles. The van der Waals surface area contributed by atoms with Gasteiger partial charge in [0.15, 0.2) is 0 Å². The van der Waals surface area contributed by atoms with E-state index in [1.54, 1.807) is 0 Å². The van der Waals surface area contributed by atoms with Crippen LogP contribution in [-0.2, 0) is 19.3 Å².